The monoisotopic (exact) mass is 382 g/mol. The van der Waals surface area contributed by atoms with Crippen LogP contribution >= 0.6 is 0 Å². The molecule has 146 valence electrons. The SMILES string of the molecule is CN=C(NCc1c(F)cccc1OC(F)F)N1CCC(c2ncn[nH]2)CC1. The molecule has 2 N–H and O–H groups in total. The lowest BCUT2D eigenvalue weighted by Gasteiger charge is -2.33. The molecule has 3 rings (SSSR count). The van der Waals surface area contributed by atoms with Crippen molar-refractivity contribution in [3.63, 3.8) is 0 Å². The molecule has 1 aromatic carbocycles. The lowest BCUT2D eigenvalue weighted by molar-refractivity contribution is -0.0506. The maximum Gasteiger partial charge on any atom is 0.387 e. The van der Waals surface area contributed by atoms with Crippen molar-refractivity contribution in [3.05, 3.63) is 41.7 Å². The van der Waals surface area contributed by atoms with Crippen LogP contribution in [0.25, 0.3) is 0 Å². The Kier molecular flexibility index (Phi) is 6.15. The summed E-state index contributed by atoms with van der Waals surface area (Å²) in [6.07, 6.45) is 3.24. The zero-order valence-corrected chi connectivity index (χ0v) is 14.8. The minimum atomic E-state index is -3.01. The van der Waals surface area contributed by atoms with Crippen LogP contribution in [0, 0.1) is 5.82 Å². The Morgan fingerprint density at radius 3 is 2.81 bits per heavy atom. The van der Waals surface area contributed by atoms with Gasteiger partial charge in [0.2, 0.25) is 0 Å². The fourth-order valence-corrected chi connectivity index (χ4v) is 3.19. The van der Waals surface area contributed by atoms with Crippen LogP contribution < -0.4 is 10.1 Å². The van der Waals surface area contributed by atoms with Crippen molar-refractivity contribution >= 4 is 5.96 Å². The largest absolute Gasteiger partial charge is 0.434 e. The maximum absolute atomic E-state index is 14.1. The number of guanidine groups is 1. The summed E-state index contributed by atoms with van der Waals surface area (Å²) in [7, 11) is 1.63. The van der Waals surface area contributed by atoms with Crippen molar-refractivity contribution < 1.29 is 17.9 Å². The number of likely N-dealkylation sites (tertiary alicyclic amines) is 1. The number of aromatic nitrogens is 3. The molecule has 1 fully saturated rings. The number of aliphatic imine (C=N–C) groups is 1. The summed E-state index contributed by atoms with van der Waals surface area (Å²) >= 11 is 0. The molecule has 2 heterocycles. The van der Waals surface area contributed by atoms with Gasteiger partial charge in [-0.15, -0.1) is 0 Å². The van der Waals surface area contributed by atoms with Crippen LogP contribution in [0.15, 0.2) is 29.5 Å². The fraction of sp³-hybridized carbons (Fsp3) is 0.471. The van der Waals surface area contributed by atoms with E-state index in [1.54, 1.807) is 7.05 Å². The van der Waals surface area contributed by atoms with Crippen molar-refractivity contribution in [1.82, 2.24) is 25.4 Å². The lowest BCUT2D eigenvalue weighted by Crippen LogP contribution is -2.45. The van der Waals surface area contributed by atoms with Gasteiger partial charge in [0.25, 0.3) is 0 Å². The van der Waals surface area contributed by atoms with Crippen LogP contribution in [-0.2, 0) is 6.54 Å². The van der Waals surface area contributed by atoms with Gasteiger partial charge in [0.1, 0.15) is 23.7 Å². The first kappa shape index (κ1) is 19.0. The second kappa shape index (κ2) is 8.74. The van der Waals surface area contributed by atoms with Gasteiger partial charge in [0, 0.05) is 38.2 Å². The number of piperidine rings is 1. The molecule has 0 spiro atoms. The van der Waals surface area contributed by atoms with Gasteiger partial charge >= 0.3 is 6.61 Å². The topological polar surface area (TPSA) is 78.4 Å². The zero-order chi connectivity index (χ0) is 19.2. The van der Waals surface area contributed by atoms with Crippen molar-refractivity contribution in [2.75, 3.05) is 20.1 Å². The van der Waals surface area contributed by atoms with Crippen molar-refractivity contribution in [3.8, 4) is 5.75 Å². The van der Waals surface area contributed by atoms with Crippen LogP contribution in [0.1, 0.15) is 30.1 Å². The number of ether oxygens (including phenoxy) is 1. The second-order valence-corrected chi connectivity index (χ2v) is 6.13. The third-order valence-corrected chi connectivity index (χ3v) is 4.54. The summed E-state index contributed by atoms with van der Waals surface area (Å²) in [6, 6.07) is 3.86. The number of benzene rings is 1. The molecule has 0 aliphatic carbocycles. The van der Waals surface area contributed by atoms with Crippen LogP contribution in [0.5, 0.6) is 5.75 Å². The summed E-state index contributed by atoms with van der Waals surface area (Å²) in [5, 5.41) is 9.81. The fourth-order valence-electron chi connectivity index (χ4n) is 3.19. The summed E-state index contributed by atoms with van der Waals surface area (Å²) in [6.45, 7) is -1.55. The van der Waals surface area contributed by atoms with Crippen LogP contribution in [0.2, 0.25) is 0 Å². The second-order valence-electron chi connectivity index (χ2n) is 6.13. The van der Waals surface area contributed by atoms with Gasteiger partial charge in [-0.3, -0.25) is 10.1 Å². The molecule has 1 aliphatic rings. The van der Waals surface area contributed by atoms with Gasteiger partial charge in [-0.25, -0.2) is 9.37 Å². The quantitative estimate of drug-likeness (QED) is 0.614. The predicted molar refractivity (Wildman–Crippen MR) is 93.2 cm³/mol. The molecule has 0 amide bonds. The molecule has 2 aromatic rings. The molecule has 1 aliphatic heterocycles. The minimum Gasteiger partial charge on any atom is -0.434 e. The summed E-state index contributed by atoms with van der Waals surface area (Å²) in [4.78, 5) is 10.5. The highest BCUT2D eigenvalue weighted by Gasteiger charge is 2.24. The van der Waals surface area contributed by atoms with Crippen molar-refractivity contribution in [2.45, 2.75) is 31.9 Å². The molecule has 7 nitrogen and oxygen atoms in total. The Balaban J connectivity index is 1.61. The number of hydrogen-bond donors (Lipinski definition) is 2. The van der Waals surface area contributed by atoms with Gasteiger partial charge in [0.15, 0.2) is 5.96 Å². The Labute approximate surface area is 154 Å². The highest BCUT2D eigenvalue weighted by Crippen LogP contribution is 2.26. The first-order chi connectivity index (χ1) is 13.1. The summed E-state index contributed by atoms with van der Waals surface area (Å²) in [5.41, 5.74) is 0.0375. The van der Waals surface area contributed by atoms with Gasteiger partial charge in [0.05, 0.1) is 0 Å². The van der Waals surface area contributed by atoms with E-state index in [2.05, 4.69) is 30.2 Å². The van der Waals surface area contributed by atoms with Crippen molar-refractivity contribution in [2.24, 2.45) is 4.99 Å². The van der Waals surface area contributed by atoms with E-state index in [-0.39, 0.29) is 17.9 Å². The number of halogens is 3. The molecule has 0 radical (unpaired) electrons. The van der Waals surface area contributed by atoms with Gasteiger partial charge < -0.3 is 15.0 Å². The lowest BCUT2D eigenvalue weighted by atomic mass is 9.96. The standard InChI is InChI=1S/C17H21F3N6O/c1-21-17(26-7-5-11(6-8-26)15-23-10-24-25-15)22-9-12-13(18)3-2-4-14(12)27-16(19)20/h2-4,10-11,16H,5-9H2,1H3,(H,21,22)(H,23,24,25). The maximum atomic E-state index is 14.1. The normalized spacial score (nSPS) is 16.0. The molecule has 27 heavy (non-hydrogen) atoms. The van der Waals surface area contributed by atoms with Crippen molar-refractivity contribution in [1.29, 1.82) is 0 Å². The number of nitrogens with one attached hydrogen (secondary N) is 2. The number of alkyl halides is 2. The van der Waals surface area contributed by atoms with E-state index >= 15 is 0 Å². The molecule has 0 atom stereocenters. The van der Waals surface area contributed by atoms with Crippen LogP contribution in [0.3, 0.4) is 0 Å². The van der Waals surface area contributed by atoms with E-state index in [1.807, 2.05) is 4.90 Å². The number of aromatic amines is 1. The van der Waals surface area contributed by atoms with Gasteiger partial charge in [-0.05, 0) is 25.0 Å². The number of rotatable bonds is 5. The Morgan fingerprint density at radius 2 is 2.19 bits per heavy atom. The van der Waals surface area contributed by atoms with E-state index in [1.165, 1.54) is 24.5 Å². The Hall–Kier alpha value is -2.78. The van der Waals surface area contributed by atoms with E-state index < -0.39 is 12.4 Å². The Bertz CT molecular complexity index is 760. The summed E-state index contributed by atoms with van der Waals surface area (Å²) < 4.78 is 43.5. The molecule has 0 saturated carbocycles. The zero-order valence-electron chi connectivity index (χ0n) is 14.8. The predicted octanol–water partition coefficient (Wildman–Crippen LogP) is 2.50. The van der Waals surface area contributed by atoms with E-state index in [0.717, 1.165) is 31.8 Å². The third-order valence-electron chi connectivity index (χ3n) is 4.54. The molecule has 1 saturated heterocycles. The molecule has 0 unspecified atom stereocenters. The highest BCUT2D eigenvalue weighted by atomic mass is 19.3. The van der Waals surface area contributed by atoms with E-state index in [0.29, 0.717) is 11.9 Å². The third kappa shape index (κ3) is 4.69. The summed E-state index contributed by atoms with van der Waals surface area (Å²) in [5.74, 6) is 0.964. The van der Waals surface area contributed by atoms with E-state index in [9.17, 15) is 13.2 Å². The van der Waals surface area contributed by atoms with E-state index in [4.69, 9.17) is 0 Å². The number of nitrogens with zero attached hydrogens (tertiary/aromatic N) is 4. The van der Waals surface area contributed by atoms with Crippen LogP contribution in [0.4, 0.5) is 13.2 Å². The number of H-pyrrole nitrogens is 1. The number of hydrogen-bond acceptors (Lipinski definition) is 4. The average Bonchev–Trinajstić information content (AvgIpc) is 3.19. The average molecular weight is 382 g/mol. The molecule has 0 bridgehead atoms. The minimum absolute atomic E-state index is 0.0105. The van der Waals surface area contributed by atoms with Gasteiger partial charge in [-0.1, -0.05) is 6.07 Å². The molecular weight excluding hydrogens is 361 g/mol. The molecule has 10 heteroatoms. The Morgan fingerprint density at radius 1 is 1.41 bits per heavy atom. The molecular formula is C17H21F3N6O. The highest BCUT2D eigenvalue weighted by molar-refractivity contribution is 5.80. The molecule has 1 aromatic heterocycles. The smallest absolute Gasteiger partial charge is 0.387 e. The van der Waals surface area contributed by atoms with Crippen LogP contribution in [-0.4, -0.2) is 52.8 Å². The first-order valence-electron chi connectivity index (χ1n) is 8.61. The first-order valence-corrected chi connectivity index (χ1v) is 8.61. The van der Waals surface area contributed by atoms with Gasteiger partial charge in [-0.2, -0.15) is 13.9 Å².